The molecule has 128 valence electrons. The van der Waals surface area contributed by atoms with Crippen molar-refractivity contribution in [2.75, 3.05) is 0 Å². The van der Waals surface area contributed by atoms with Crippen LogP contribution in [0.4, 0.5) is 0 Å². The molecular formula is C23H28NSi+. The van der Waals surface area contributed by atoms with E-state index in [0.29, 0.717) is 5.56 Å². The van der Waals surface area contributed by atoms with Gasteiger partial charge < -0.3 is 0 Å². The summed E-state index contributed by atoms with van der Waals surface area (Å²) in [6.45, 7) is 6.61. The van der Waals surface area contributed by atoms with Crippen molar-refractivity contribution in [3.63, 3.8) is 0 Å². The number of aryl methyl sites for hydroxylation is 3. The molecule has 0 saturated carbocycles. The summed E-state index contributed by atoms with van der Waals surface area (Å²) in [6.07, 6.45) is 1.81. The fourth-order valence-corrected chi connectivity index (χ4v) is 4.69. The van der Waals surface area contributed by atoms with Crippen molar-refractivity contribution in [2.45, 2.75) is 33.4 Å². The molecule has 0 fully saturated rings. The predicted molar refractivity (Wildman–Crippen MR) is 111 cm³/mol. The number of benzene rings is 2. The number of hydrogen-bond acceptors (Lipinski definition) is 0. The lowest BCUT2D eigenvalue weighted by atomic mass is 9.97. The Balaban J connectivity index is 2.25. The Kier molecular flexibility index (Phi) is 3.71. The Morgan fingerprint density at radius 1 is 0.880 bits per heavy atom. The van der Waals surface area contributed by atoms with E-state index in [0.717, 1.165) is 22.0 Å². The van der Waals surface area contributed by atoms with Crippen molar-refractivity contribution < 1.29 is 8.68 Å². The third-order valence-corrected chi connectivity index (χ3v) is 6.73. The maximum Gasteiger partial charge on any atom is 0.212 e. The average Bonchev–Trinajstić information content (AvgIpc) is 2.61. The molecule has 1 heterocycles. The van der Waals surface area contributed by atoms with E-state index in [4.69, 9.17) is 4.11 Å². The normalized spacial score (nSPS) is 13.9. The summed E-state index contributed by atoms with van der Waals surface area (Å²) >= 11 is 0. The van der Waals surface area contributed by atoms with Crippen LogP contribution in [0.2, 0.25) is 19.6 Å². The zero-order valence-corrected chi connectivity index (χ0v) is 16.7. The van der Waals surface area contributed by atoms with Gasteiger partial charge in [0.1, 0.15) is 7.05 Å². The van der Waals surface area contributed by atoms with Crippen LogP contribution >= 0.6 is 0 Å². The second-order valence-corrected chi connectivity index (χ2v) is 12.8. The summed E-state index contributed by atoms with van der Waals surface area (Å²) in [5.41, 5.74) is 6.20. The molecule has 3 rings (SSSR count). The van der Waals surface area contributed by atoms with Gasteiger partial charge in [0.05, 0.1) is 8.07 Å². The fourth-order valence-electron chi connectivity index (χ4n) is 3.25. The molecule has 0 radical (unpaired) electrons. The van der Waals surface area contributed by atoms with Crippen molar-refractivity contribution in [1.82, 2.24) is 0 Å². The second-order valence-electron chi connectivity index (χ2n) is 7.74. The molecule has 0 aliphatic heterocycles. The van der Waals surface area contributed by atoms with Gasteiger partial charge in [-0.3, -0.25) is 0 Å². The summed E-state index contributed by atoms with van der Waals surface area (Å²) in [7, 11) is 0.0946. The molecule has 0 bridgehead atoms. The van der Waals surface area contributed by atoms with Crippen LogP contribution in [-0.4, -0.2) is 8.07 Å². The highest BCUT2D eigenvalue weighted by atomic mass is 28.3. The lowest BCUT2D eigenvalue weighted by molar-refractivity contribution is -0.660. The minimum absolute atomic E-state index is 0.481. The molecule has 0 unspecified atom stereocenters. The van der Waals surface area contributed by atoms with Crippen molar-refractivity contribution >= 4 is 13.3 Å². The third-order valence-electron chi connectivity index (χ3n) is 4.70. The van der Waals surface area contributed by atoms with Crippen LogP contribution in [0, 0.1) is 13.8 Å². The van der Waals surface area contributed by atoms with Gasteiger partial charge in [0.25, 0.3) is 0 Å². The smallest absolute Gasteiger partial charge is 0.201 e. The van der Waals surface area contributed by atoms with Gasteiger partial charge in [-0.25, -0.2) is 4.57 Å². The van der Waals surface area contributed by atoms with E-state index < -0.39 is 14.9 Å². The molecule has 0 aliphatic carbocycles. The lowest BCUT2D eigenvalue weighted by Crippen LogP contribution is -2.44. The minimum atomic E-state index is -2.10. The van der Waals surface area contributed by atoms with E-state index in [-0.39, 0.29) is 0 Å². The fraction of sp³-hybridized carbons (Fsp3) is 0.261. The number of pyridine rings is 1. The van der Waals surface area contributed by atoms with Gasteiger partial charge in [0.2, 0.25) is 5.69 Å². The number of aromatic nitrogens is 1. The van der Waals surface area contributed by atoms with Crippen LogP contribution in [0.25, 0.3) is 22.4 Å². The summed E-state index contributed by atoms with van der Waals surface area (Å²) in [5.74, 6) is 0. The highest BCUT2D eigenvalue weighted by molar-refractivity contribution is 6.89. The molecule has 3 aromatic rings. The van der Waals surface area contributed by atoms with Gasteiger partial charge in [-0.05, 0) is 41.7 Å². The van der Waals surface area contributed by atoms with Gasteiger partial charge in [0, 0.05) is 21.3 Å². The molecule has 2 heteroatoms. The number of rotatable bonds is 3. The molecule has 1 nitrogen and oxygen atoms in total. The number of nitrogens with zero attached hydrogens (tertiary/aromatic N) is 1. The molecule has 0 atom stereocenters. The zero-order valence-electron chi connectivity index (χ0n) is 18.7. The van der Waals surface area contributed by atoms with E-state index in [1.807, 2.05) is 36.0 Å². The molecule has 0 spiro atoms. The standard InChI is InChI=1S/C23H28NSi/c1-17-12-13-20(19-10-8-7-9-11-19)14-21(17)22-15-23(25(4,5)6)18(2)16-24(22)3/h7-16H,1-6H3/q+1/i2D3. The third kappa shape index (κ3) is 3.59. The first-order chi connectivity index (χ1) is 13.0. The Morgan fingerprint density at radius 2 is 1.60 bits per heavy atom. The topological polar surface area (TPSA) is 3.88 Å². The number of hydrogen-bond donors (Lipinski definition) is 0. The van der Waals surface area contributed by atoms with Crippen LogP contribution in [-0.2, 0) is 7.05 Å². The first-order valence-corrected chi connectivity index (χ1v) is 12.2. The minimum Gasteiger partial charge on any atom is -0.201 e. The highest BCUT2D eigenvalue weighted by Crippen LogP contribution is 2.28. The van der Waals surface area contributed by atoms with E-state index in [1.165, 1.54) is 11.1 Å². The molecular weight excluding hydrogens is 318 g/mol. The Hall–Kier alpha value is -2.19. The van der Waals surface area contributed by atoms with Crippen molar-refractivity contribution in [2.24, 2.45) is 7.05 Å². The zero-order chi connectivity index (χ0) is 20.7. The largest absolute Gasteiger partial charge is 0.212 e. The summed E-state index contributed by atoms with van der Waals surface area (Å²) in [5, 5.41) is 1.00. The monoisotopic (exact) mass is 349 g/mol. The Labute approximate surface area is 157 Å². The molecule has 25 heavy (non-hydrogen) atoms. The molecule has 0 amide bonds. The van der Waals surface area contributed by atoms with Gasteiger partial charge in [-0.15, -0.1) is 0 Å². The van der Waals surface area contributed by atoms with E-state index >= 15 is 0 Å². The van der Waals surface area contributed by atoms with Gasteiger partial charge in [-0.1, -0.05) is 62.1 Å². The van der Waals surface area contributed by atoms with Crippen LogP contribution in [0.15, 0.2) is 60.8 Å². The highest BCUT2D eigenvalue weighted by Gasteiger charge is 2.24. The SMILES string of the molecule is [2H]C([2H])([2H])c1c[n+](C)c(-c2cc(-c3ccccc3)ccc2C)cc1[Si](C)(C)C. The Bertz CT molecular complexity index is 1000. The quantitative estimate of drug-likeness (QED) is 0.462. The van der Waals surface area contributed by atoms with Crippen molar-refractivity contribution in [3.8, 4) is 22.4 Å². The van der Waals surface area contributed by atoms with E-state index in [2.05, 4.69) is 63.0 Å². The van der Waals surface area contributed by atoms with Crippen molar-refractivity contribution in [3.05, 3.63) is 71.9 Å². The lowest BCUT2D eigenvalue weighted by Gasteiger charge is -2.19. The van der Waals surface area contributed by atoms with E-state index in [9.17, 15) is 0 Å². The summed E-state index contributed by atoms with van der Waals surface area (Å²) in [4.78, 5) is 0. The Morgan fingerprint density at radius 3 is 2.24 bits per heavy atom. The maximum atomic E-state index is 8.00. The van der Waals surface area contributed by atoms with Crippen LogP contribution in [0.3, 0.4) is 0 Å². The summed E-state index contributed by atoms with van der Waals surface area (Å²) < 4.78 is 25.9. The molecule has 0 saturated heterocycles. The molecule has 0 aliphatic rings. The summed E-state index contributed by atoms with van der Waals surface area (Å²) in [6, 6.07) is 18.9. The first-order valence-electron chi connectivity index (χ1n) is 10.2. The van der Waals surface area contributed by atoms with Crippen LogP contribution in [0.1, 0.15) is 15.2 Å². The molecule has 0 N–H and O–H groups in total. The van der Waals surface area contributed by atoms with E-state index in [1.54, 1.807) is 0 Å². The second kappa shape index (κ2) is 6.60. The predicted octanol–water partition coefficient (Wildman–Crippen LogP) is 5.01. The van der Waals surface area contributed by atoms with Gasteiger partial charge >= 0.3 is 0 Å². The first kappa shape index (κ1) is 14.0. The van der Waals surface area contributed by atoms with Crippen LogP contribution in [0.5, 0.6) is 0 Å². The van der Waals surface area contributed by atoms with Gasteiger partial charge in [-0.2, -0.15) is 0 Å². The average molecular weight is 350 g/mol. The van der Waals surface area contributed by atoms with Gasteiger partial charge in [0.15, 0.2) is 6.20 Å². The molecule has 2 aromatic carbocycles. The maximum absolute atomic E-state index is 8.00. The van der Waals surface area contributed by atoms with Crippen LogP contribution < -0.4 is 9.75 Å². The van der Waals surface area contributed by atoms with Crippen molar-refractivity contribution in [1.29, 1.82) is 0 Å². The molecule has 1 aromatic heterocycles.